The van der Waals surface area contributed by atoms with E-state index >= 15 is 0 Å². The Morgan fingerprint density at radius 1 is 1.24 bits per heavy atom. The topological polar surface area (TPSA) is 44.5 Å². The third-order valence-corrected chi connectivity index (χ3v) is 4.58. The van der Waals surface area contributed by atoms with Crippen molar-refractivity contribution < 1.29 is 9.47 Å². The molecule has 21 heavy (non-hydrogen) atoms. The van der Waals surface area contributed by atoms with Crippen LogP contribution in [-0.4, -0.2) is 20.8 Å². The summed E-state index contributed by atoms with van der Waals surface area (Å²) in [5.74, 6) is 2.36. The fourth-order valence-corrected chi connectivity index (χ4v) is 3.70. The first-order valence-electron chi connectivity index (χ1n) is 7.65. The van der Waals surface area contributed by atoms with E-state index in [-0.39, 0.29) is 0 Å². The van der Waals surface area contributed by atoms with Gasteiger partial charge in [0.1, 0.15) is 11.5 Å². The Morgan fingerprint density at radius 2 is 2.10 bits per heavy atom. The first kappa shape index (κ1) is 14.2. The van der Waals surface area contributed by atoms with E-state index in [1.165, 1.54) is 28.7 Å². The molecule has 2 N–H and O–H groups in total. The minimum Gasteiger partial charge on any atom is -0.500 e. The predicted octanol–water partition coefficient (Wildman–Crippen LogP) is 3.37. The third-order valence-electron chi connectivity index (χ3n) is 4.58. The van der Waals surface area contributed by atoms with E-state index < -0.39 is 0 Å². The zero-order valence-electron chi connectivity index (χ0n) is 12.8. The summed E-state index contributed by atoms with van der Waals surface area (Å²) in [5.41, 5.74) is 11.3. The van der Waals surface area contributed by atoms with Crippen LogP contribution in [-0.2, 0) is 9.47 Å². The normalized spacial score (nSPS) is 24.2. The van der Waals surface area contributed by atoms with Crippen LogP contribution in [0.2, 0.25) is 0 Å². The van der Waals surface area contributed by atoms with Gasteiger partial charge >= 0.3 is 0 Å². The minimum atomic E-state index is 0.318. The Labute approximate surface area is 126 Å². The van der Waals surface area contributed by atoms with Crippen LogP contribution in [0.3, 0.4) is 0 Å². The molecule has 3 aliphatic rings. The lowest BCUT2D eigenvalue weighted by Gasteiger charge is -2.34. The van der Waals surface area contributed by atoms with Crippen molar-refractivity contribution in [1.82, 2.24) is 0 Å². The molecule has 0 amide bonds. The molecule has 0 aromatic heterocycles. The molecule has 3 heteroatoms. The molecule has 1 unspecified atom stereocenters. The van der Waals surface area contributed by atoms with Gasteiger partial charge in [-0.25, -0.2) is 0 Å². The molecule has 3 nitrogen and oxygen atoms in total. The zero-order valence-corrected chi connectivity index (χ0v) is 12.8. The molecule has 0 saturated carbocycles. The quantitative estimate of drug-likeness (QED) is 0.861. The highest BCUT2D eigenvalue weighted by Crippen LogP contribution is 2.47. The number of ether oxygens (including phenoxy) is 2. The van der Waals surface area contributed by atoms with Crippen LogP contribution in [0.5, 0.6) is 0 Å². The van der Waals surface area contributed by atoms with Crippen LogP contribution in [0.1, 0.15) is 25.7 Å². The lowest BCUT2D eigenvalue weighted by atomic mass is 9.73. The predicted molar refractivity (Wildman–Crippen MR) is 84.4 cm³/mol. The van der Waals surface area contributed by atoms with E-state index in [0.717, 1.165) is 30.8 Å². The average Bonchev–Trinajstić information content (AvgIpc) is 2.70. The van der Waals surface area contributed by atoms with Crippen LogP contribution in [0, 0.1) is 5.92 Å². The third kappa shape index (κ3) is 2.36. The summed E-state index contributed by atoms with van der Waals surface area (Å²) in [7, 11) is 3.51. The number of allylic oxidation sites excluding steroid dienone is 8. The number of rotatable bonds is 4. The van der Waals surface area contributed by atoms with Crippen LogP contribution in [0.15, 0.2) is 58.1 Å². The fourth-order valence-electron chi connectivity index (χ4n) is 3.70. The number of hydrogen-bond donors (Lipinski definition) is 1. The Hall–Kier alpha value is -1.74. The lowest BCUT2D eigenvalue weighted by Crippen LogP contribution is -2.23. The largest absolute Gasteiger partial charge is 0.500 e. The molecule has 0 fully saturated rings. The summed E-state index contributed by atoms with van der Waals surface area (Å²) in [6, 6.07) is 0. The highest BCUT2D eigenvalue weighted by molar-refractivity contribution is 5.63. The molecular formula is C18H23NO2. The van der Waals surface area contributed by atoms with Gasteiger partial charge in [0.25, 0.3) is 0 Å². The van der Waals surface area contributed by atoms with Gasteiger partial charge in [-0.1, -0.05) is 17.7 Å². The fraction of sp³-hybridized carbons (Fsp3) is 0.444. The van der Waals surface area contributed by atoms with E-state index in [4.69, 9.17) is 15.2 Å². The summed E-state index contributed by atoms with van der Waals surface area (Å²) in [6.45, 7) is 0.676. The molecule has 0 heterocycles. The number of nitrogens with two attached hydrogens (primary N) is 1. The number of methoxy groups -OCH3 is 2. The van der Waals surface area contributed by atoms with Gasteiger partial charge in [0.15, 0.2) is 0 Å². The standard InChI is InChI=1S/C18H23NO2/c1-20-16-8-3-5-12-11-17(21-2)13(9-10-19)14-6-4-7-15(16)18(12)14/h3,5,8,11,13H,4,6-7,9-10,19H2,1-2H3. The molecule has 0 saturated heterocycles. The summed E-state index contributed by atoms with van der Waals surface area (Å²) in [5, 5.41) is 0. The molecule has 0 aromatic carbocycles. The van der Waals surface area contributed by atoms with Gasteiger partial charge in [-0.3, -0.25) is 0 Å². The molecule has 0 spiro atoms. The van der Waals surface area contributed by atoms with E-state index in [0.29, 0.717) is 12.5 Å². The second kappa shape index (κ2) is 5.94. The average molecular weight is 285 g/mol. The number of hydrogen-bond acceptors (Lipinski definition) is 3. The smallest absolute Gasteiger partial charge is 0.122 e. The molecule has 3 rings (SSSR count). The molecule has 0 aliphatic heterocycles. The van der Waals surface area contributed by atoms with Gasteiger partial charge in [-0.05, 0) is 55.5 Å². The van der Waals surface area contributed by atoms with Crippen molar-refractivity contribution in [2.75, 3.05) is 20.8 Å². The van der Waals surface area contributed by atoms with Crippen molar-refractivity contribution in [1.29, 1.82) is 0 Å². The Morgan fingerprint density at radius 3 is 2.81 bits per heavy atom. The van der Waals surface area contributed by atoms with E-state index in [9.17, 15) is 0 Å². The second-order valence-electron chi connectivity index (χ2n) is 5.66. The van der Waals surface area contributed by atoms with Gasteiger partial charge in [-0.15, -0.1) is 0 Å². The van der Waals surface area contributed by atoms with Crippen molar-refractivity contribution in [3.8, 4) is 0 Å². The Balaban J connectivity index is 2.17. The maximum Gasteiger partial charge on any atom is 0.122 e. The van der Waals surface area contributed by atoms with Gasteiger partial charge in [0.2, 0.25) is 0 Å². The van der Waals surface area contributed by atoms with Crippen molar-refractivity contribution in [2.45, 2.75) is 25.7 Å². The van der Waals surface area contributed by atoms with Crippen LogP contribution < -0.4 is 5.73 Å². The summed E-state index contributed by atoms with van der Waals surface area (Å²) in [4.78, 5) is 0. The summed E-state index contributed by atoms with van der Waals surface area (Å²) >= 11 is 0. The summed E-state index contributed by atoms with van der Waals surface area (Å²) in [6.07, 6.45) is 12.8. The van der Waals surface area contributed by atoms with Gasteiger partial charge in [-0.2, -0.15) is 0 Å². The van der Waals surface area contributed by atoms with Crippen molar-refractivity contribution in [3.63, 3.8) is 0 Å². The summed E-state index contributed by atoms with van der Waals surface area (Å²) < 4.78 is 11.3. The molecule has 0 bridgehead atoms. The van der Waals surface area contributed by atoms with Crippen molar-refractivity contribution in [2.24, 2.45) is 11.7 Å². The maximum atomic E-state index is 5.83. The van der Waals surface area contributed by atoms with Gasteiger partial charge < -0.3 is 15.2 Å². The van der Waals surface area contributed by atoms with Crippen molar-refractivity contribution in [3.05, 3.63) is 58.1 Å². The second-order valence-corrected chi connectivity index (χ2v) is 5.66. The minimum absolute atomic E-state index is 0.318. The van der Waals surface area contributed by atoms with E-state index in [1.807, 2.05) is 0 Å². The Bertz CT molecular complexity index is 590. The van der Waals surface area contributed by atoms with Crippen LogP contribution in [0.4, 0.5) is 0 Å². The molecule has 1 atom stereocenters. The first-order chi connectivity index (χ1) is 10.3. The van der Waals surface area contributed by atoms with Crippen LogP contribution in [0.25, 0.3) is 0 Å². The van der Waals surface area contributed by atoms with E-state index in [1.54, 1.807) is 14.2 Å². The molecule has 0 aromatic rings. The first-order valence-corrected chi connectivity index (χ1v) is 7.65. The SMILES string of the molecule is COC1=CC2=CC=CC(OC)=C3CCCC(=C23)C1CCN. The molecule has 0 radical (unpaired) electrons. The highest BCUT2D eigenvalue weighted by atomic mass is 16.5. The van der Waals surface area contributed by atoms with E-state index in [2.05, 4.69) is 24.3 Å². The van der Waals surface area contributed by atoms with Gasteiger partial charge in [0.05, 0.1) is 14.2 Å². The monoisotopic (exact) mass is 285 g/mol. The van der Waals surface area contributed by atoms with Crippen molar-refractivity contribution >= 4 is 0 Å². The zero-order chi connectivity index (χ0) is 14.8. The lowest BCUT2D eigenvalue weighted by molar-refractivity contribution is 0.244. The molecule has 3 aliphatic carbocycles. The van der Waals surface area contributed by atoms with Gasteiger partial charge in [0, 0.05) is 11.5 Å². The maximum absolute atomic E-state index is 5.83. The Kier molecular flexibility index (Phi) is 4.02. The molecule has 112 valence electrons. The highest BCUT2D eigenvalue weighted by Gasteiger charge is 2.33. The van der Waals surface area contributed by atoms with Crippen LogP contribution >= 0.6 is 0 Å². The molecular weight excluding hydrogens is 262 g/mol.